The fourth-order valence-electron chi connectivity index (χ4n) is 3.97. The zero-order valence-electron chi connectivity index (χ0n) is 17.3. The summed E-state index contributed by atoms with van der Waals surface area (Å²) in [6, 6.07) is 9.99. The summed E-state index contributed by atoms with van der Waals surface area (Å²) in [4.78, 5) is 37.6. The smallest absolute Gasteiger partial charge is 0.280 e. The molecule has 1 aromatic carbocycles. The highest BCUT2D eigenvalue weighted by atomic mass is 32.2. The van der Waals surface area contributed by atoms with Gasteiger partial charge in [0.15, 0.2) is 9.84 Å². The monoisotopic (exact) mass is 467 g/mol. The van der Waals surface area contributed by atoms with Crippen LogP contribution < -0.4 is 0 Å². The molecule has 2 aromatic rings. The van der Waals surface area contributed by atoms with Gasteiger partial charge >= 0.3 is 0 Å². The molecule has 10 nitrogen and oxygen atoms in total. The van der Waals surface area contributed by atoms with Crippen molar-refractivity contribution >= 4 is 33.4 Å². The van der Waals surface area contributed by atoms with Crippen molar-refractivity contribution in [2.75, 3.05) is 11.5 Å². The number of benzene rings is 1. The van der Waals surface area contributed by atoms with Gasteiger partial charge in [0.05, 0.1) is 28.0 Å². The Morgan fingerprint density at radius 2 is 1.94 bits per heavy atom. The molecule has 0 aliphatic carbocycles. The molecular weight excluding hydrogens is 450 g/mol. The molecule has 0 unspecified atom stereocenters. The van der Waals surface area contributed by atoms with Gasteiger partial charge in [0.2, 0.25) is 0 Å². The van der Waals surface area contributed by atoms with Gasteiger partial charge in [0.25, 0.3) is 17.5 Å². The Kier molecular flexibility index (Phi) is 5.47. The number of carbonyl (C=O) groups is 2. The molecule has 1 atom stereocenters. The predicted molar refractivity (Wildman–Crippen MR) is 116 cm³/mol. The van der Waals surface area contributed by atoms with E-state index in [0.717, 1.165) is 4.90 Å². The molecule has 2 aliphatic rings. The summed E-state index contributed by atoms with van der Waals surface area (Å²) >= 11 is 0. The van der Waals surface area contributed by atoms with Crippen LogP contribution >= 0.6 is 0 Å². The summed E-state index contributed by atoms with van der Waals surface area (Å²) in [5, 5.41) is 20.8. The Balaban J connectivity index is 1.76. The highest BCUT2D eigenvalue weighted by Gasteiger charge is 2.43. The molecule has 0 N–H and O–H groups in total. The molecule has 2 amide bonds. The summed E-state index contributed by atoms with van der Waals surface area (Å²) in [7, 11) is -3.38. The molecule has 2 aliphatic heterocycles. The van der Waals surface area contributed by atoms with Crippen LogP contribution in [0.3, 0.4) is 0 Å². The maximum Gasteiger partial charge on any atom is 0.280 e. The maximum atomic E-state index is 13.2. The van der Waals surface area contributed by atoms with Crippen LogP contribution in [0.1, 0.15) is 19.1 Å². The molecule has 1 fully saturated rings. The third-order valence-electron chi connectivity index (χ3n) is 5.63. The van der Waals surface area contributed by atoms with Gasteiger partial charge < -0.3 is 4.42 Å². The molecule has 168 valence electrons. The van der Waals surface area contributed by atoms with Crippen molar-refractivity contribution < 1.29 is 27.3 Å². The van der Waals surface area contributed by atoms with E-state index in [4.69, 9.17) is 4.42 Å². The summed E-state index contributed by atoms with van der Waals surface area (Å²) in [5.74, 6) is -1.65. The van der Waals surface area contributed by atoms with Crippen LogP contribution in [0.5, 0.6) is 0 Å². The van der Waals surface area contributed by atoms with Gasteiger partial charge in [0.1, 0.15) is 23.2 Å². The Morgan fingerprint density at radius 1 is 1.21 bits per heavy atom. The minimum atomic E-state index is -3.38. The van der Waals surface area contributed by atoms with Crippen molar-refractivity contribution in [2.24, 2.45) is 0 Å². The van der Waals surface area contributed by atoms with Gasteiger partial charge in [0, 0.05) is 11.6 Å². The minimum Gasteiger partial charge on any atom is -0.456 e. The van der Waals surface area contributed by atoms with Gasteiger partial charge in [-0.25, -0.2) is 8.42 Å². The van der Waals surface area contributed by atoms with Gasteiger partial charge in [-0.05, 0) is 43.2 Å². The van der Waals surface area contributed by atoms with Crippen LogP contribution in [0, 0.1) is 21.4 Å². The van der Waals surface area contributed by atoms with E-state index in [-0.39, 0.29) is 57.4 Å². The lowest BCUT2D eigenvalue weighted by Gasteiger charge is -2.31. The molecule has 0 saturated carbocycles. The first-order valence-corrected chi connectivity index (χ1v) is 11.7. The van der Waals surface area contributed by atoms with Gasteiger partial charge in [-0.3, -0.25) is 24.6 Å². The summed E-state index contributed by atoms with van der Waals surface area (Å²) in [6.07, 6.45) is 1.45. The minimum absolute atomic E-state index is 0.0129. The number of rotatable bonds is 4. The van der Waals surface area contributed by atoms with Crippen molar-refractivity contribution in [2.45, 2.75) is 19.4 Å². The quantitative estimate of drug-likeness (QED) is 0.288. The molecule has 4 rings (SSSR count). The van der Waals surface area contributed by atoms with Crippen molar-refractivity contribution in [3.63, 3.8) is 0 Å². The van der Waals surface area contributed by atoms with Crippen molar-refractivity contribution in [3.05, 3.63) is 69.0 Å². The van der Waals surface area contributed by atoms with E-state index in [0.29, 0.717) is 0 Å². The number of nitro benzene ring substituents is 1. The van der Waals surface area contributed by atoms with Crippen LogP contribution in [0.25, 0.3) is 17.4 Å². The number of imide groups is 1. The highest BCUT2D eigenvalue weighted by Crippen LogP contribution is 2.34. The van der Waals surface area contributed by atoms with E-state index in [1.165, 1.54) is 43.3 Å². The van der Waals surface area contributed by atoms with E-state index in [1.807, 2.05) is 0 Å². The normalized spacial score (nSPS) is 21.5. The molecule has 0 radical (unpaired) electrons. The Bertz CT molecular complexity index is 1410. The topological polar surface area (TPSA) is 152 Å². The van der Waals surface area contributed by atoms with Crippen LogP contribution in [-0.2, 0) is 19.4 Å². The number of hydrogen-bond acceptors (Lipinski definition) is 8. The predicted octanol–water partition coefficient (Wildman–Crippen LogP) is 2.63. The number of nitro groups is 1. The van der Waals surface area contributed by atoms with Crippen molar-refractivity contribution in [3.8, 4) is 17.4 Å². The van der Waals surface area contributed by atoms with E-state index in [9.17, 15) is 33.4 Å². The van der Waals surface area contributed by atoms with E-state index in [1.54, 1.807) is 12.1 Å². The fourth-order valence-corrected chi connectivity index (χ4v) is 5.67. The average Bonchev–Trinajstić information content (AvgIpc) is 3.37. The third kappa shape index (κ3) is 3.96. The number of furan rings is 1. The average molecular weight is 467 g/mol. The molecular formula is C22H17N3O7S. The molecule has 11 heteroatoms. The first-order valence-electron chi connectivity index (χ1n) is 9.88. The SMILES string of the molecule is CC1=C(C#N)C(=O)N([C@@H]2CCS(=O)(=O)C2)C(=O)/C1=C\c1ccc(-c2ccccc2[N+](=O)[O-])o1. The first-order chi connectivity index (χ1) is 15.6. The largest absolute Gasteiger partial charge is 0.456 e. The van der Waals surface area contributed by atoms with Gasteiger partial charge in [-0.15, -0.1) is 0 Å². The fraction of sp³-hybridized carbons (Fsp3) is 0.227. The molecule has 3 heterocycles. The summed E-state index contributed by atoms with van der Waals surface area (Å²) in [5.41, 5.74) is 0.00435. The summed E-state index contributed by atoms with van der Waals surface area (Å²) in [6.45, 7) is 1.45. The zero-order valence-corrected chi connectivity index (χ0v) is 18.2. The van der Waals surface area contributed by atoms with Crippen LogP contribution in [0.2, 0.25) is 0 Å². The molecule has 0 spiro atoms. The number of para-hydroxylation sites is 1. The lowest BCUT2D eigenvalue weighted by Crippen LogP contribution is -2.49. The summed E-state index contributed by atoms with van der Waals surface area (Å²) < 4.78 is 29.5. The Labute approximate surface area is 188 Å². The second-order valence-electron chi connectivity index (χ2n) is 7.68. The van der Waals surface area contributed by atoms with E-state index < -0.39 is 32.6 Å². The molecule has 0 bridgehead atoms. The Hall–Kier alpha value is -4.04. The van der Waals surface area contributed by atoms with Crippen LogP contribution in [-0.4, -0.2) is 47.6 Å². The Morgan fingerprint density at radius 3 is 2.58 bits per heavy atom. The van der Waals surface area contributed by atoms with Gasteiger partial charge in [-0.2, -0.15) is 5.26 Å². The number of nitrogens with zero attached hydrogens (tertiary/aromatic N) is 3. The van der Waals surface area contributed by atoms with Gasteiger partial charge in [-0.1, -0.05) is 12.1 Å². The standard InChI is InChI=1S/C22H17N3O7S/c1-13-17(10-15-6-7-20(32-15)16-4-2-3-5-19(16)25(28)29)21(26)24(22(27)18(13)11-23)14-8-9-33(30,31)12-14/h2-7,10,14H,8-9,12H2,1H3/b17-10-/t14-/m1/s1. The zero-order chi connectivity index (χ0) is 23.9. The molecule has 33 heavy (non-hydrogen) atoms. The van der Waals surface area contributed by atoms with Crippen molar-refractivity contribution in [1.29, 1.82) is 5.26 Å². The van der Waals surface area contributed by atoms with Crippen LogP contribution in [0.15, 0.2) is 57.5 Å². The second kappa shape index (κ2) is 8.14. The highest BCUT2D eigenvalue weighted by molar-refractivity contribution is 7.91. The number of hydrogen-bond donors (Lipinski definition) is 0. The number of sulfone groups is 1. The number of carbonyl (C=O) groups excluding carboxylic acids is 2. The van der Waals surface area contributed by atoms with Crippen molar-refractivity contribution in [1.82, 2.24) is 4.90 Å². The van der Waals surface area contributed by atoms with E-state index in [2.05, 4.69) is 0 Å². The van der Waals surface area contributed by atoms with E-state index >= 15 is 0 Å². The second-order valence-corrected chi connectivity index (χ2v) is 9.91. The third-order valence-corrected chi connectivity index (χ3v) is 7.38. The number of amides is 2. The molecule has 1 saturated heterocycles. The van der Waals surface area contributed by atoms with Crippen LogP contribution in [0.4, 0.5) is 5.69 Å². The lowest BCUT2D eigenvalue weighted by molar-refractivity contribution is -0.384. The first kappa shape index (κ1) is 22.2. The number of nitriles is 1. The molecule has 1 aromatic heterocycles. The lowest BCUT2D eigenvalue weighted by atomic mass is 9.93. The maximum absolute atomic E-state index is 13.2.